The Balaban J connectivity index is 0.00000392. The Hall–Kier alpha value is -0.860. The number of nitrogens with one attached hydrogen (secondary N) is 2. The van der Waals surface area contributed by atoms with Crippen LogP contribution in [-0.4, -0.2) is 50.5 Å². The minimum atomic E-state index is -0.00470. The largest absolute Gasteiger partial charge is 0.396 e. The molecule has 1 saturated heterocycles. The van der Waals surface area contributed by atoms with Gasteiger partial charge in [-0.2, -0.15) is 0 Å². The summed E-state index contributed by atoms with van der Waals surface area (Å²) in [7, 11) is 0. The van der Waals surface area contributed by atoms with Crippen LogP contribution in [0.1, 0.15) is 57.1 Å². The molecule has 2 rings (SSSR count). The van der Waals surface area contributed by atoms with Crippen LogP contribution in [0.5, 0.6) is 0 Å². The zero-order valence-corrected chi connectivity index (χ0v) is 20.0. The second kappa shape index (κ2) is 13.4. The fourth-order valence-electron chi connectivity index (χ4n) is 3.44. The van der Waals surface area contributed by atoms with Crippen molar-refractivity contribution in [1.82, 2.24) is 10.6 Å². The monoisotopic (exact) mass is 503 g/mol. The van der Waals surface area contributed by atoms with E-state index in [1.165, 1.54) is 11.1 Å². The molecule has 3 N–H and O–H groups in total. The van der Waals surface area contributed by atoms with E-state index in [4.69, 9.17) is 9.73 Å². The van der Waals surface area contributed by atoms with Crippen LogP contribution in [0, 0.1) is 5.41 Å². The molecule has 160 valence electrons. The van der Waals surface area contributed by atoms with Gasteiger partial charge in [0.1, 0.15) is 0 Å². The summed E-state index contributed by atoms with van der Waals surface area (Å²) in [4.78, 5) is 4.77. The minimum Gasteiger partial charge on any atom is -0.396 e. The summed E-state index contributed by atoms with van der Waals surface area (Å²) >= 11 is 0. The molecule has 0 amide bonds. The number of ether oxygens (including phenoxy) is 1. The highest BCUT2D eigenvalue weighted by molar-refractivity contribution is 14.0. The lowest BCUT2D eigenvalue weighted by Gasteiger charge is -2.24. The molecule has 0 spiro atoms. The van der Waals surface area contributed by atoms with E-state index in [1.54, 1.807) is 0 Å². The molecule has 1 unspecified atom stereocenters. The van der Waals surface area contributed by atoms with Crippen molar-refractivity contribution in [2.75, 3.05) is 39.5 Å². The van der Waals surface area contributed by atoms with Gasteiger partial charge in [-0.25, -0.2) is 0 Å². The van der Waals surface area contributed by atoms with Crippen molar-refractivity contribution in [1.29, 1.82) is 0 Å². The first-order chi connectivity index (χ1) is 13.1. The van der Waals surface area contributed by atoms with E-state index in [9.17, 15) is 5.11 Å². The summed E-state index contributed by atoms with van der Waals surface area (Å²) in [5, 5.41) is 16.1. The first-order valence-corrected chi connectivity index (χ1v) is 10.4. The number of halogens is 1. The van der Waals surface area contributed by atoms with Crippen LogP contribution >= 0.6 is 24.0 Å². The van der Waals surface area contributed by atoms with Gasteiger partial charge in [-0.15, -0.1) is 24.0 Å². The Labute approximate surface area is 187 Å². The fourth-order valence-corrected chi connectivity index (χ4v) is 3.44. The number of hydrogen-bond donors (Lipinski definition) is 3. The Kier molecular flexibility index (Phi) is 12.0. The summed E-state index contributed by atoms with van der Waals surface area (Å²) in [6, 6.07) is 8.97. The molecular weight excluding hydrogens is 465 g/mol. The van der Waals surface area contributed by atoms with E-state index in [0.717, 1.165) is 51.3 Å². The molecule has 1 aromatic rings. The Morgan fingerprint density at radius 3 is 2.57 bits per heavy atom. The predicted octanol–water partition coefficient (Wildman–Crippen LogP) is 3.70. The van der Waals surface area contributed by atoms with Gasteiger partial charge >= 0.3 is 0 Å². The number of aryl methyl sites for hydroxylation is 1. The SMILES string of the molecule is CCNC(=NCC1(CCO)CCOC1)NCCCc1ccc(C(C)C)cc1.I. The van der Waals surface area contributed by atoms with Gasteiger partial charge in [0.05, 0.1) is 13.2 Å². The number of benzene rings is 1. The lowest BCUT2D eigenvalue weighted by Crippen LogP contribution is -2.39. The second-order valence-corrected chi connectivity index (χ2v) is 7.90. The molecule has 1 fully saturated rings. The van der Waals surface area contributed by atoms with Gasteiger partial charge in [0.15, 0.2) is 5.96 Å². The number of aliphatic hydroxyl groups excluding tert-OH is 1. The molecule has 1 aromatic carbocycles. The Bertz CT molecular complexity index is 570. The molecule has 6 heteroatoms. The zero-order valence-electron chi connectivity index (χ0n) is 17.7. The summed E-state index contributed by atoms with van der Waals surface area (Å²) in [5.74, 6) is 1.44. The summed E-state index contributed by atoms with van der Waals surface area (Å²) in [6.45, 7) is 10.6. The highest BCUT2D eigenvalue weighted by Gasteiger charge is 2.34. The highest BCUT2D eigenvalue weighted by atomic mass is 127. The van der Waals surface area contributed by atoms with Crippen LogP contribution in [-0.2, 0) is 11.2 Å². The molecule has 28 heavy (non-hydrogen) atoms. The summed E-state index contributed by atoms with van der Waals surface area (Å²) < 4.78 is 5.55. The molecule has 0 radical (unpaired) electrons. The average Bonchev–Trinajstić information content (AvgIpc) is 3.12. The molecule has 0 bridgehead atoms. The van der Waals surface area contributed by atoms with Crippen molar-refractivity contribution in [3.63, 3.8) is 0 Å². The number of aliphatic imine (C=N–C) groups is 1. The zero-order chi connectivity index (χ0) is 19.5. The molecular formula is C22H38IN3O2. The molecule has 0 aliphatic carbocycles. The quantitative estimate of drug-likeness (QED) is 0.197. The normalized spacial score (nSPS) is 19.5. The van der Waals surface area contributed by atoms with E-state index >= 15 is 0 Å². The van der Waals surface area contributed by atoms with Crippen LogP contribution in [0.4, 0.5) is 0 Å². The molecule has 0 aromatic heterocycles. The van der Waals surface area contributed by atoms with Crippen molar-refractivity contribution in [3.05, 3.63) is 35.4 Å². The maximum atomic E-state index is 9.35. The third-order valence-corrected chi connectivity index (χ3v) is 5.32. The van der Waals surface area contributed by atoms with Gasteiger partial charge in [0, 0.05) is 31.7 Å². The lowest BCUT2D eigenvalue weighted by atomic mass is 9.84. The Morgan fingerprint density at radius 2 is 2.00 bits per heavy atom. The molecule has 1 heterocycles. The van der Waals surface area contributed by atoms with Crippen LogP contribution < -0.4 is 10.6 Å². The van der Waals surface area contributed by atoms with Crippen LogP contribution in [0.2, 0.25) is 0 Å². The van der Waals surface area contributed by atoms with E-state index in [2.05, 4.69) is 55.7 Å². The molecule has 1 aliphatic heterocycles. The first kappa shape index (κ1) is 25.2. The highest BCUT2D eigenvalue weighted by Crippen LogP contribution is 2.32. The number of guanidine groups is 1. The number of hydrogen-bond acceptors (Lipinski definition) is 3. The maximum Gasteiger partial charge on any atom is 0.191 e. The average molecular weight is 503 g/mol. The van der Waals surface area contributed by atoms with E-state index in [0.29, 0.717) is 19.1 Å². The number of aliphatic hydroxyl groups is 1. The van der Waals surface area contributed by atoms with Crippen molar-refractivity contribution < 1.29 is 9.84 Å². The first-order valence-electron chi connectivity index (χ1n) is 10.4. The summed E-state index contributed by atoms with van der Waals surface area (Å²) in [5.41, 5.74) is 2.77. The predicted molar refractivity (Wildman–Crippen MR) is 128 cm³/mol. The van der Waals surface area contributed by atoms with Crippen molar-refractivity contribution in [2.24, 2.45) is 10.4 Å². The van der Waals surface area contributed by atoms with Crippen molar-refractivity contribution >= 4 is 29.9 Å². The van der Waals surface area contributed by atoms with Gasteiger partial charge in [-0.05, 0) is 49.7 Å². The fraction of sp³-hybridized carbons (Fsp3) is 0.682. The van der Waals surface area contributed by atoms with Crippen LogP contribution in [0.15, 0.2) is 29.3 Å². The third-order valence-electron chi connectivity index (χ3n) is 5.32. The number of rotatable bonds is 10. The van der Waals surface area contributed by atoms with Gasteiger partial charge in [-0.1, -0.05) is 38.1 Å². The standard InChI is InChI=1S/C22H37N3O2.HI/c1-4-23-21(25-16-22(11-14-26)12-15-27-17-22)24-13-5-6-19-7-9-20(10-8-19)18(2)3;/h7-10,18,26H,4-6,11-17H2,1-3H3,(H2,23,24,25);1H. The van der Waals surface area contributed by atoms with Gasteiger partial charge in [0.2, 0.25) is 0 Å². The van der Waals surface area contributed by atoms with E-state index in [-0.39, 0.29) is 36.0 Å². The third kappa shape index (κ3) is 8.25. The second-order valence-electron chi connectivity index (χ2n) is 7.90. The van der Waals surface area contributed by atoms with Gasteiger partial charge in [-0.3, -0.25) is 4.99 Å². The van der Waals surface area contributed by atoms with Gasteiger partial charge in [0.25, 0.3) is 0 Å². The van der Waals surface area contributed by atoms with Crippen molar-refractivity contribution in [2.45, 2.75) is 52.4 Å². The molecule has 1 atom stereocenters. The lowest BCUT2D eigenvalue weighted by molar-refractivity contribution is 0.131. The smallest absolute Gasteiger partial charge is 0.191 e. The maximum absolute atomic E-state index is 9.35. The Morgan fingerprint density at radius 1 is 1.25 bits per heavy atom. The van der Waals surface area contributed by atoms with Crippen LogP contribution in [0.3, 0.4) is 0 Å². The topological polar surface area (TPSA) is 65.9 Å². The van der Waals surface area contributed by atoms with E-state index < -0.39 is 0 Å². The molecule has 1 aliphatic rings. The molecule has 5 nitrogen and oxygen atoms in total. The van der Waals surface area contributed by atoms with Crippen molar-refractivity contribution in [3.8, 4) is 0 Å². The van der Waals surface area contributed by atoms with E-state index in [1.807, 2.05) is 0 Å². The number of nitrogens with zero attached hydrogens (tertiary/aromatic N) is 1. The van der Waals surface area contributed by atoms with Gasteiger partial charge < -0.3 is 20.5 Å². The summed E-state index contributed by atoms with van der Waals surface area (Å²) in [6.07, 6.45) is 3.86. The minimum absolute atomic E-state index is 0. The van der Waals surface area contributed by atoms with Crippen LogP contribution in [0.25, 0.3) is 0 Å². The molecule has 0 saturated carbocycles.